The minimum atomic E-state index is -1.38. The fraction of sp³-hybridized carbons (Fsp3) is 0.385. The largest absolute Gasteiger partial charge is 0.0940 e. The molecule has 1 aliphatic rings. The molecule has 0 saturated heterocycles. The highest BCUT2D eigenvalue weighted by atomic mass is 28.3. The molecule has 3 nitrogen and oxygen atoms in total. The highest BCUT2D eigenvalue weighted by Crippen LogP contribution is 2.42. The van der Waals surface area contributed by atoms with Gasteiger partial charge in [0, 0.05) is 16.9 Å². The van der Waals surface area contributed by atoms with Gasteiger partial charge in [-0.15, -0.1) is 0 Å². The van der Waals surface area contributed by atoms with Crippen LogP contribution in [0.4, 0.5) is 0 Å². The lowest BCUT2D eigenvalue weighted by molar-refractivity contribution is 0.419. The molecule has 0 fully saturated rings. The molecule has 1 aliphatic carbocycles. The zero-order valence-electron chi connectivity index (χ0n) is 18.3. The number of hydrogen-bond acceptors (Lipinski definition) is 1. The van der Waals surface area contributed by atoms with Crippen molar-refractivity contribution in [2.45, 2.75) is 56.7 Å². The Balaban J connectivity index is 1.87. The van der Waals surface area contributed by atoms with Gasteiger partial charge in [-0.05, 0) is 42.3 Å². The summed E-state index contributed by atoms with van der Waals surface area (Å²) in [5.41, 5.74) is 11.4. The van der Waals surface area contributed by atoms with Gasteiger partial charge in [0.1, 0.15) is 0 Å². The summed E-state index contributed by atoms with van der Waals surface area (Å²) in [4.78, 5) is 2.96. The van der Waals surface area contributed by atoms with Crippen LogP contribution in [0.1, 0.15) is 43.2 Å². The van der Waals surface area contributed by atoms with E-state index in [1.807, 2.05) is 0 Å². The molecular formula is C26H33N3Si. The van der Waals surface area contributed by atoms with Gasteiger partial charge < -0.3 is 0 Å². The van der Waals surface area contributed by atoms with Gasteiger partial charge in [0.25, 0.3) is 0 Å². The summed E-state index contributed by atoms with van der Waals surface area (Å²) >= 11 is 0. The summed E-state index contributed by atoms with van der Waals surface area (Å²) < 4.78 is 0. The molecule has 3 rings (SSSR count). The molecule has 0 bridgehead atoms. The summed E-state index contributed by atoms with van der Waals surface area (Å²) in [6.45, 7) is 5.58. The van der Waals surface area contributed by atoms with Crippen LogP contribution in [0.25, 0.3) is 10.4 Å². The number of hydrogen-bond donors (Lipinski definition) is 0. The molecule has 0 radical (unpaired) electrons. The third-order valence-corrected chi connectivity index (χ3v) is 10.3. The van der Waals surface area contributed by atoms with E-state index in [0.29, 0.717) is 6.54 Å². The van der Waals surface area contributed by atoms with Gasteiger partial charge >= 0.3 is 0 Å². The highest BCUT2D eigenvalue weighted by Gasteiger charge is 2.34. The molecule has 156 valence electrons. The van der Waals surface area contributed by atoms with Crippen LogP contribution in [-0.4, -0.2) is 14.6 Å². The Hall–Kier alpha value is -2.55. The van der Waals surface area contributed by atoms with E-state index < -0.39 is 8.07 Å². The van der Waals surface area contributed by atoms with E-state index in [9.17, 15) is 0 Å². The van der Waals surface area contributed by atoms with Gasteiger partial charge in [-0.1, -0.05) is 115 Å². The van der Waals surface area contributed by atoms with Gasteiger partial charge in [-0.3, -0.25) is 0 Å². The maximum absolute atomic E-state index is 8.72. The Morgan fingerprint density at radius 3 is 2.07 bits per heavy atom. The summed E-state index contributed by atoms with van der Waals surface area (Å²) in [6, 6.07) is 23.2. The van der Waals surface area contributed by atoms with Crippen LogP contribution >= 0.6 is 0 Å². The van der Waals surface area contributed by atoms with E-state index in [1.54, 1.807) is 5.20 Å². The summed E-state index contributed by atoms with van der Waals surface area (Å²) in [5.74, 6) is 0. The Bertz CT molecular complexity index is 870. The molecule has 0 aromatic heterocycles. The van der Waals surface area contributed by atoms with E-state index >= 15 is 0 Å². The molecule has 0 N–H and O–H groups in total. The first-order chi connectivity index (χ1) is 14.6. The monoisotopic (exact) mass is 415 g/mol. The summed E-state index contributed by atoms with van der Waals surface area (Å²) in [5, 5.41) is 5.48. The minimum absolute atomic E-state index is 0.0414. The third kappa shape index (κ3) is 5.32. The van der Waals surface area contributed by atoms with Crippen molar-refractivity contribution in [3.05, 3.63) is 106 Å². The van der Waals surface area contributed by atoms with E-state index in [0.717, 1.165) is 25.7 Å². The molecule has 4 heteroatoms. The van der Waals surface area contributed by atoms with Crippen LogP contribution in [0, 0.1) is 0 Å². The van der Waals surface area contributed by atoms with E-state index in [-0.39, 0.29) is 5.41 Å². The predicted octanol–water partition coefficient (Wildman–Crippen LogP) is 7.98. The molecule has 0 spiro atoms. The summed E-state index contributed by atoms with van der Waals surface area (Å²) in [6.07, 6.45) is 12.2. The SMILES string of the molecule is C[Si](C)(CCCC(CCCN=[N+]=[N-])(c1ccccc1)c1ccccc1)C1=CC=CC1. The molecule has 0 aliphatic heterocycles. The fourth-order valence-electron chi connectivity index (χ4n) is 4.82. The Morgan fingerprint density at radius 1 is 0.933 bits per heavy atom. The van der Waals surface area contributed by atoms with Crippen molar-refractivity contribution in [1.82, 2.24) is 0 Å². The van der Waals surface area contributed by atoms with Crippen molar-refractivity contribution in [3.8, 4) is 0 Å². The third-order valence-electron chi connectivity index (χ3n) is 6.62. The first-order valence-corrected chi connectivity index (χ1v) is 14.3. The first-order valence-electron chi connectivity index (χ1n) is 11.1. The molecule has 0 saturated carbocycles. The van der Waals surface area contributed by atoms with E-state index in [2.05, 4.69) is 102 Å². The predicted molar refractivity (Wildman–Crippen MR) is 130 cm³/mol. The van der Waals surface area contributed by atoms with Crippen molar-refractivity contribution in [1.29, 1.82) is 0 Å². The van der Waals surface area contributed by atoms with Gasteiger partial charge in [-0.25, -0.2) is 0 Å². The fourth-order valence-corrected chi connectivity index (χ4v) is 7.42. The lowest BCUT2D eigenvalue weighted by Crippen LogP contribution is -2.32. The zero-order chi connectivity index (χ0) is 21.3. The van der Waals surface area contributed by atoms with Crippen molar-refractivity contribution >= 4 is 8.07 Å². The molecular weight excluding hydrogens is 382 g/mol. The molecule has 2 aromatic carbocycles. The molecule has 2 aromatic rings. The molecule has 0 unspecified atom stereocenters. The van der Waals surface area contributed by atoms with Crippen LogP contribution in [0.3, 0.4) is 0 Å². The maximum Gasteiger partial charge on any atom is 0.0758 e. The first kappa shape index (κ1) is 22.1. The van der Waals surface area contributed by atoms with Gasteiger partial charge in [0.15, 0.2) is 0 Å². The second-order valence-electron chi connectivity index (χ2n) is 8.93. The average molecular weight is 416 g/mol. The van der Waals surface area contributed by atoms with Crippen LogP contribution in [0.5, 0.6) is 0 Å². The standard InChI is InChI=1S/C26H33N3Si/c1-30(2,25-17-9-10-18-25)22-12-20-26(19-11-21-28-29-27,23-13-5-3-6-14-23)24-15-7-4-8-16-24/h3-10,13-17H,11-12,18-22H2,1-2H3. The van der Waals surface area contributed by atoms with Gasteiger partial charge in [0.2, 0.25) is 0 Å². The number of rotatable bonds is 11. The topological polar surface area (TPSA) is 48.8 Å². The second kappa shape index (κ2) is 10.5. The maximum atomic E-state index is 8.72. The Kier molecular flexibility index (Phi) is 7.73. The summed E-state index contributed by atoms with van der Waals surface area (Å²) in [7, 11) is -1.38. The highest BCUT2D eigenvalue weighted by molar-refractivity contribution is 6.84. The molecule has 0 amide bonds. The Morgan fingerprint density at radius 2 is 1.53 bits per heavy atom. The minimum Gasteiger partial charge on any atom is -0.0940 e. The van der Waals surface area contributed by atoms with Crippen molar-refractivity contribution in [2.24, 2.45) is 5.11 Å². The molecule has 0 atom stereocenters. The van der Waals surface area contributed by atoms with Crippen molar-refractivity contribution < 1.29 is 0 Å². The smallest absolute Gasteiger partial charge is 0.0758 e. The van der Waals surface area contributed by atoms with Crippen molar-refractivity contribution in [2.75, 3.05) is 6.54 Å². The zero-order valence-corrected chi connectivity index (χ0v) is 19.3. The number of azide groups is 1. The van der Waals surface area contributed by atoms with Crippen LogP contribution in [0.15, 0.2) is 89.2 Å². The normalized spacial score (nSPS) is 13.7. The second-order valence-corrected chi connectivity index (χ2v) is 13.8. The number of nitrogens with zero attached hydrogens (tertiary/aromatic N) is 3. The average Bonchev–Trinajstić information content (AvgIpc) is 3.33. The van der Waals surface area contributed by atoms with Crippen LogP contribution in [-0.2, 0) is 5.41 Å². The Labute approximate surface area is 182 Å². The number of benzene rings is 2. The quantitative estimate of drug-likeness (QED) is 0.117. The van der Waals surface area contributed by atoms with Crippen molar-refractivity contribution in [3.63, 3.8) is 0 Å². The number of allylic oxidation sites excluding steroid dienone is 4. The van der Waals surface area contributed by atoms with Crippen LogP contribution < -0.4 is 0 Å². The molecule has 0 heterocycles. The molecule has 30 heavy (non-hydrogen) atoms. The van der Waals surface area contributed by atoms with E-state index in [1.165, 1.54) is 23.6 Å². The lowest BCUT2D eigenvalue weighted by Gasteiger charge is -2.37. The lowest BCUT2D eigenvalue weighted by atomic mass is 9.68. The van der Waals surface area contributed by atoms with E-state index in [4.69, 9.17) is 5.53 Å². The van der Waals surface area contributed by atoms with Gasteiger partial charge in [0.05, 0.1) is 8.07 Å². The van der Waals surface area contributed by atoms with Gasteiger partial charge in [-0.2, -0.15) is 0 Å². The van der Waals surface area contributed by atoms with Crippen LogP contribution in [0.2, 0.25) is 19.1 Å².